The van der Waals surface area contributed by atoms with Crippen molar-refractivity contribution in [3.05, 3.63) is 29.8 Å². The van der Waals surface area contributed by atoms with E-state index in [4.69, 9.17) is 4.74 Å². The number of aliphatic imine (C=N–C) groups is 1. The second-order valence-corrected chi connectivity index (χ2v) is 6.26. The van der Waals surface area contributed by atoms with Crippen LogP contribution in [0.5, 0.6) is 5.75 Å². The van der Waals surface area contributed by atoms with Gasteiger partial charge in [-0.05, 0) is 31.5 Å². The molecule has 0 bridgehead atoms. The fourth-order valence-electron chi connectivity index (χ4n) is 2.85. The van der Waals surface area contributed by atoms with Gasteiger partial charge in [-0.3, -0.25) is 4.90 Å². The van der Waals surface area contributed by atoms with Crippen LogP contribution in [0.2, 0.25) is 0 Å². The minimum absolute atomic E-state index is 0.369. The maximum atomic E-state index is 12.9. The molecule has 1 aliphatic heterocycles. The van der Waals surface area contributed by atoms with E-state index in [1.165, 1.54) is 11.8 Å². The molecule has 0 saturated carbocycles. The summed E-state index contributed by atoms with van der Waals surface area (Å²) in [6, 6.07) is 6.26. The SMILES string of the molecule is CCNC(=NCc1ccc(OC)cc1)N1CCN(C(C)C(F)(F)F)CC1. The van der Waals surface area contributed by atoms with Crippen molar-refractivity contribution in [2.24, 2.45) is 4.99 Å². The Morgan fingerprint density at radius 1 is 1.19 bits per heavy atom. The van der Waals surface area contributed by atoms with Crippen LogP contribution in [0.3, 0.4) is 0 Å². The van der Waals surface area contributed by atoms with Gasteiger partial charge >= 0.3 is 6.18 Å². The molecule has 8 heteroatoms. The Balaban J connectivity index is 1.96. The van der Waals surface area contributed by atoms with E-state index in [0.717, 1.165) is 17.3 Å². The van der Waals surface area contributed by atoms with Crippen LogP contribution in [0, 0.1) is 0 Å². The molecule has 2 rings (SSSR count). The van der Waals surface area contributed by atoms with Crippen LogP contribution in [0.4, 0.5) is 13.2 Å². The van der Waals surface area contributed by atoms with Crippen molar-refractivity contribution in [3.63, 3.8) is 0 Å². The van der Waals surface area contributed by atoms with E-state index in [1.807, 2.05) is 36.1 Å². The quantitative estimate of drug-likeness (QED) is 0.637. The smallest absolute Gasteiger partial charge is 0.403 e. The lowest BCUT2D eigenvalue weighted by molar-refractivity contribution is -0.181. The second kappa shape index (κ2) is 9.12. The summed E-state index contributed by atoms with van der Waals surface area (Å²) in [6.45, 7) is 6.20. The zero-order chi connectivity index (χ0) is 19.2. The Labute approximate surface area is 152 Å². The van der Waals surface area contributed by atoms with Crippen molar-refractivity contribution in [3.8, 4) is 5.75 Å². The molecule has 0 aliphatic carbocycles. The fraction of sp³-hybridized carbons (Fsp3) is 0.611. The number of alkyl halides is 3. The highest BCUT2D eigenvalue weighted by atomic mass is 19.4. The zero-order valence-electron chi connectivity index (χ0n) is 15.5. The van der Waals surface area contributed by atoms with Gasteiger partial charge in [-0.15, -0.1) is 0 Å². The van der Waals surface area contributed by atoms with Crippen LogP contribution in [0.25, 0.3) is 0 Å². The van der Waals surface area contributed by atoms with Crippen LogP contribution >= 0.6 is 0 Å². The molecular formula is C18H27F3N4O. The van der Waals surface area contributed by atoms with E-state index in [-0.39, 0.29) is 0 Å². The van der Waals surface area contributed by atoms with E-state index in [0.29, 0.717) is 39.3 Å². The average Bonchev–Trinajstić information content (AvgIpc) is 2.64. The second-order valence-electron chi connectivity index (χ2n) is 6.26. The Bertz CT molecular complexity index is 581. The highest BCUT2D eigenvalue weighted by molar-refractivity contribution is 5.80. The predicted molar refractivity (Wildman–Crippen MR) is 96.5 cm³/mol. The van der Waals surface area contributed by atoms with Gasteiger partial charge in [0.15, 0.2) is 5.96 Å². The summed E-state index contributed by atoms with van der Waals surface area (Å²) in [5, 5.41) is 3.23. The summed E-state index contributed by atoms with van der Waals surface area (Å²) in [6.07, 6.45) is -4.19. The van der Waals surface area contributed by atoms with E-state index in [9.17, 15) is 13.2 Å². The molecule has 26 heavy (non-hydrogen) atoms. The van der Waals surface area contributed by atoms with Crippen LogP contribution < -0.4 is 10.1 Å². The van der Waals surface area contributed by atoms with Crippen molar-refractivity contribution in [2.75, 3.05) is 39.8 Å². The maximum Gasteiger partial charge on any atom is 0.403 e. The predicted octanol–water partition coefficient (Wildman–Crippen LogP) is 2.73. The van der Waals surface area contributed by atoms with E-state index < -0.39 is 12.2 Å². The number of nitrogens with one attached hydrogen (secondary N) is 1. The summed E-state index contributed by atoms with van der Waals surface area (Å²) >= 11 is 0. The minimum Gasteiger partial charge on any atom is -0.497 e. The molecule has 0 spiro atoms. The molecule has 0 radical (unpaired) electrons. The van der Waals surface area contributed by atoms with Gasteiger partial charge in [0.05, 0.1) is 13.7 Å². The molecule has 1 atom stereocenters. The van der Waals surface area contributed by atoms with Gasteiger partial charge in [0.25, 0.3) is 0 Å². The molecule has 5 nitrogen and oxygen atoms in total. The number of halogens is 3. The Hall–Kier alpha value is -1.96. The van der Waals surface area contributed by atoms with Gasteiger partial charge in [0.1, 0.15) is 11.8 Å². The summed E-state index contributed by atoms with van der Waals surface area (Å²) in [7, 11) is 1.62. The first-order valence-electron chi connectivity index (χ1n) is 8.82. The lowest BCUT2D eigenvalue weighted by atomic mass is 10.2. The molecule has 1 aromatic carbocycles. The lowest BCUT2D eigenvalue weighted by Crippen LogP contribution is -2.56. The van der Waals surface area contributed by atoms with Crippen molar-refractivity contribution >= 4 is 5.96 Å². The molecule has 0 aromatic heterocycles. The van der Waals surface area contributed by atoms with Gasteiger partial charge in [0, 0.05) is 32.7 Å². The number of guanidine groups is 1. The zero-order valence-corrected chi connectivity index (χ0v) is 15.5. The minimum atomic E-state index is -4.19. The van der Waals surface area contributed by atoms with E-state index in [1.54, 1.807) is 7.11 Å². The van der Waals surface area contributed by atoms with Crippen LogP contribution in [0.15, 0.2) is 29.3 Å². The number of rotatable bonds is 5. The van der Waals surface area contributed by atoms with Gasteiger partial charge < -0.3 is 15.0 Å². The third-order valence-corrected chi connectivity index (χ3v) is 4.54. The largest absolute Gasteiger partial charge is 0.497 e. The van der Waals surface area contributed by atoms with Crippen LogP contribution in [-0.4, -0.2) is 67.8 Å². The monoisotopic (exact) mass is 372 g/mol. The third-order valence-electron chi connectivity index (χ3n) is 4.54. The highest BCUT2D eigenvalue weighted by Crippen LogP contribution is 2.25. The fourth-order valence-corrected chi connectivity index (χ4v) is 2.85. The van der Waals surface area contributed by atoms with Gasteiger partial charge in [0.2, 0.25) is 0 Å². The van der Waals surface area contributed by atoms with Crippen LogP contribution in [-0.2, 0) is 6.54 Å². The van der Waals surface area contributed by atoms with Gasteiger partial charge in [-0.1, -0.05) is 12.1 Å². The molecule has 1 aliphatic rings. The number of ether oxygens (including phenoxy) is 1. The summed E-state index contributed by atoms with van der Waals surface area (Å²) in [4.78, 5) is 8.13. The molecule has 1 aromatic rings. The normalized spacial score (nSPS) is 17.9. The van der Waals surface area contributed by atoms with Gasteiger partial charge in [-0.2, -0.15) is 13.2 Å². The average molecular weight is 372 g/mol. The molecule has 1 unspecified atom stereocenters. The van der Waals surface area contributed by atoms with Crippen molar-refractivity contribution in [1.82, 2.24) is 15.1 Å². The number of piperazine rings is 1. The summed E-state index contributed by atoms with van der Waals surface area (Å²) in [5.74, 6) is 1.53. The summed E-state index contributed by atoms with van der Waals surface area (Å²) in [5.41, 5.74) is 1.05. The molecule has 146 valence electrons. The first kappa shape index (κ1) is 20.4. The van der Waals surface area contributed by atoms with E-state index >= 15 is 0 Å². The molecule has 1 fully saturated rings. The first-order chi connectivity index (χ1) is 12.3. The van der Waals surface area contributed by atoms with E-state index in [2.05, 4.69) is 10.3 Å². The molecule has 0 amide bonds. The Kier molecular flexibility index (Phi) is 7.14. The molecule has 1 saturated heterocycles. The number of hydrogen-bond donors (Lipinski definition) is 1. The van der Waals surface area contributed by atoms with Crippen LogP contribution in [0.1, 0.15) is 19.4 Å². The standard InChI is InChI=1S/C18H27F3N4O/c1-4-22-17(23-13-15-5-7-16(26-3)8-6-15)25-11-9-24(10-12-25)14(2)18(19,20)21/h5-8,14H,4,9-13H2,1-3H3,(H,22,23). The van der Waals surface area contributed by atoms with Gasteiger partial charge in [-0.25, -0.2) is 4.99 Å². The number of benzene rings is 1. The number of nitrogens with zero attached hydrogens (tertiary/aromatic N) is 3. The highest BCUT2D eigenvalue weighted by Gasteiger charge is 2.41. The molecular weight excluding hydrogens is 345 g/mol. The number of methoxy groups -OCH3 is 1. The summed E-state index contributed by atoms with van der Waals surface area (Å²) < 4.78 is 43.8. The third kappa shape index (κ3) is 5.52. The Morgan fingerprint density at radius 3 is 2.31 bits per heavy atom. The molecule has 1 N–H and O–H groups in total. The molecule has 1 heterocycles. The first-order valence-corrected chi connectivity index (χ1v) is 8.82. The van der Waals surface area contributed by atoms with Crippen molar-refractivity contribution in [2.45, 2.75) is 32.6 Å². The topological polar surface area (TPSA) is 40.1 Å². The van der Waals surface area contributed by atoms with Crippen molar-refractivity contribution < 1.29 is 17.9 Å². The number of hydrogen-bond acceptors (Lipinski definition) is 3. The van der Waals surface area contributed by atoms with Crippen molar-refractivity contribution in [1.29, 1.82) is 0 Å². The maximum absolute atomic E-state index is 12.9. The lowest BCUT2D eigenvalue weighted by Gasteiger charge is -2.39. The Morgan fingerprint density at radius 2 is 1.81 bits per heavy atom.